The first-order chi connectivity index (χ1) is 13.5. The van der Waals surface area contributed by atoms with E-state index in [9.17, 15) is 14.4 Å². The molecule has 4 aromatic rings. The molecule has 0 saturated heterocycles. The average Bonchev–Trinajstić information content (AvgIpc) is 3.35. The molecule has 11 nitrogen and oxygen atoms in total. The van der Waals surface area contributed by atoms with Crippen molar-refractivity contribution in [3.05, 3.63) is 64.2 Å². The summed E-state index contributed by atoms with van der Waals surface area (Å²) in [6, 6.07) is 3.46. The summed E-state index contributed by atoms with van der Waals surface area (Å²) in [5, 5.41) is 2.73. The Bertz CT molecular complexity index is 1280. The van der Waals surface area contributed by atoms with Gasteiger partial charge in [-0.3, -0.25) is 23.3 Å². The highest BCUT2D eigenvalue weighted by atomic mass is 16.2. The molecule has 0 saturated carbocycles. The van der Waals surface area contributed by atoms with Crippen molar-refractivity contribution in [1.82, 2.24) is 33.2 Å². The fourth-order valence-corrected chi connectivity index (χ4v) is 2.88. The maximum atomic E-state index is 12.4. The van der Waals surface area contributed by atoms with E-state index in [4.69, 9.17) is 0 Å². The van der Waals surface area contributed by atoms with Crippen molar-refractivity contribution >= 4 is 22.8 Å². The summed E-state index contributed by atoms with van der Waals surface area (Å²) in [6.07, 6.45) is 7.93. The van der Waals surface area contributed by atoms with Gasteiger partial charge in [-0.1, -0.05) is 0 Å². The Hall–Kier alpha value is -4.02. The van der Waals surface area contributed by atoms with E-state index in [0.29, 0.717) is 11.5 Å². The van der Waals surface area contributed by atoms with Crippen molar-refractivity contribution in [2.75, 3.05) is 5.32 Å². The van der Waals surface area contributed by atoms with Gasteiger partial charge >= 0.3 is 5.69 Å². The molecule has 0 radical (unpaired) electrons. The standard InChI is InChI=1S/C17H16N8O3/c1-22-15-14(16(27)23(2)17(22)28)25(10-20-15)8-13(26)21-11-3-4-12(19-7-11)24-6-5-18-9-24/h3-7,9-10H,8H2,1-2H3,(H,21,26). The zero-order valence-electron chi connectivity index (χ0n) is 15.1. The lowest BCUT2D eigenvalue weighted by Gasteiger charge is -2.08. The van der Waals surface area contributed by atoms with Gasteiger partial charge in [0.05, 0.1) is 18.2 Å². The first-order valence-electron chi connectivity index (χ1n) is 8.31. The van der Waals surface area contributed by atoms with Crippen LogP contribution in [0.3, 0.4) is 0 Å². The molecule has 0 unspecified atom stereocenters. The van der Waals surface area contributed by atoms with Crippen LogP contribution in [0.5, 0.6) is 0 Å². The van der Waals surface area contributed by atoms with Crippen molar-refractivity contribution in [2.45, 2.75) is 6.54 Å². The summed E-state index contributed by atoms with van der Waals surface area (Å²) in [4.78, 5) is 49.1. The normalized spacial score (nSPS) is 11.1. The lowest BCUT2D eigenvalue weighted by atomic mass is 10.4. The molecule has 4 aromatic heterocycles. The van der Waals surface area contributed by atoms with E-state index in [1.807, 2.05) is 0 Å². The smallest absolute Gasteiger partial charge is 0.323 e. The Kier molecular flexibility index (Phi) is 4.11. The molecule has 0 aliphatic carbocycles. The molecule has 0 aromatic carbocycles. The van der Waals surface area contributed by atoms with Crippen molar-refractivity contribution in [3.63, 3.8) is 0 Å². The van der Waals surface area contributed by atoms with Crippen molar-refractivity contribution in [1.29, 1.82) is 0 Å². The lowest BCUT2D eigenvalue weighted by molar-refractivity contribution is -0.116. The highest BCUT2D eigenvalue weighted by Crippen LogP contribution is 2.10. The zero-order valence-corrected chi connectivity index (χ0v) is 15.1. The summed E-state index contributed by atoms with van der Waals surface area (Å²) < 4.78 is 5.41. The SMILES string of the molecule is Cn1c(=O)c2c(ncn2CC(=O)Nc2ccc(-n3ccnc3)nc2)n(C)c1=O. The molecule has 0 atom stereocenters. The van der Waals surface area contributed by atoms with Gasteiger partial charge in [0.15, 0.2) is 11.2 Å². The van der Waals surface area contributed by atoms with Crippen LogP contribution in [0, 0.1) is 0 Å². The van der Waals surface area contributed by atoms with E-state index in [2.05, 4.69) is 20.3 Å². The van der Waals surface area contributed by atoms with Gasteiger partial charge in [0.1, 0.15) is 18.7 Å². The number of nitrogens with one attached hydrogen (secondary N) is 1. The fourth-order valence-electron chi connectivity index (χ4n) is 2.88. The number of pyridine rings is 1. The van der Waals surface area contributed by atoms with E-state index < -0.39 is 11.2 Å². The number of amides is 1. The first kappa shape index (κ1) is 17.4. The minimum atomic E-state index is -0.505. The zero-order chi connectivity index (χ0) is 19.8. The summed E-state index contributed by atoms with van der Waals surface area (Å²) >= 11 is 0. The Labute approximate surface area is 157 Å². The van der Waals surface area contributed by atoms with E-state index in [1.165, 1.54) is 35.8 Å². The molecule has 28 heavy (non-hydrogen) atoms. The number of rotatable bonds is 4. The van der Waals surface area contributed by atoms with Crippen LogP contribution >= 0.6 is 0 Å². The number of carbonyl (C=O) groups excluding carboxylic acids is 1. The Morgan fingerprint density at radius 1 is 1.11 bits per heavy atom. The Balaban J connectivity index is 1.56. The van der Waals surface area contributed by atoms with Crippen LogP contribution in [0.15, 0.2) is 53.0 Å². The summed E-state index contributed by atoms with van der Waals surface area (Å²) in [5.74, 6) is 0.313. The summed E-state index contributed by atoms with van der Waals surface area (Å²) in [5.41, 5.74) is -0.0508. The molecule has 11 heteroatoms. The predicted octanol–water partition coefficient (Wildman–Crippen LogP) is -0.347. The van der Waals surface area contributed by atoms with Crippen LogP contribution in [0.1, 0.15) is 0 Å². The third-order valence-electron chi connectivity index (χ3n) is 4.33. The van der Waals surface area contributed by atoms with Gasteiger partial charge in [0.25, 0.3) is 5.56 Å². The van der Waals surface area contributed by atoms with Crippen LogP contribution < -0.4 is 16.6 Å². The lowest BCUT2D eigenvalue weighted by Crippen LogP contribution is -2.37. The number of aryl methyl sites for hydroxylation is 1. The molecule has 142 valence electrons. The average molecular weight is 380 g/mol. The number of imidazole rings is 2. The van der Waals surface area contributed by atoms with Crippen LogP contribution in [-0.2, 0) is 25.4 Å². The number of carbonyl (C=O) groups is 1. The third-order valence-corrected chi connectivity index (χ3v) is 4.33. The maximum Gasteiger partial charge on any atom is 0.332 e. The molecular weight excluding hydrogens is 364 g/mol. The first-order valence-corrected chi connectivity index (χ1v) is 8.31. The highest BCUT2D eigenvalue weighted by molar-refractivity contribution is 5.91. The third kappa shape index (κ3) is 2.88. The molecular formula is C17H16N8O3. The predicted molar refractivity (Wildman–Crippen MR) is 100 cm³/mol. The minimum absolute atomic E-state index is 0.132. The maximum absolute atomic E-state index is 12.4. The van der Waals surface area contributed by atoms with Gasteiger partial charge in [-0.2, -0.15) is 0 Å². The molecule has 1 N–H and O–H groups in total. The van der Waals surface area contributed by atoms with Gasteiger partial charge in [-0.15, -0.1) is 0 Å². The van der Waals surface area contributed by atoms with Crippen LogP contribution in [0.25, 0.3) is 17.0 Å². The molecule has 4 heterocycles. The van der Waals surface area contributed by atoms with E-state index in [0.717, 1.165) is 4.57 Å². The van der Waals surface area contributed by atoms with Gasteiger partial charge in [0, 0.05) is 26.5 Å². The van der Waals surface area contributed by atoms with Crippen molar-refractivity contribution in [2.24, 2.45) is 14.1 Å². The Morgan fingerprint density at radius 2 is 1.93 bits per heavy atom. The van der Waals surface area contributed by atoms with Gasteiger partial charge in [-0.05, 0) is 12.1 Å². The van der Waals surface area contributed by atoms with Crippen molar-refractivity contribution < 1.29 is 4.79 Å². The fraction of sp³-hybridized carbons (Fsp3) is 0.176. The van der Waals surface area contributed by atoms with Crippen LogP contribution in [0.4, 0.5) is 5.69 Å². The topological polar surface area (TPSA) is 122 Å². The second-order valence-electron chi connectivity index (χ2n) is 6.17. The highest BCUT2D eigenvalue weighted by Gasteiger charge is 2.16. The van der Waals surface area contributed by atoms with Gasteiger partial charge < -0.3 is 9.88 Å². The van der Waals surface area contributed by atoms with Crippen LogP contribution in [-0.4, -0.2) is 39.1 Å². The quantitative estimate of drug-likeness (QED) is 0.517. The minimum Gasteiger partial charge on any atom is -0.323 e. The number of anilines is 1. The number of nitrogens with zero attached hydrogens (tertiary/aromatic N) is 7. The summed E-state index contributed by atoms with van der Waals surface area (Å²) in [6.45, 7) is -0.132. The molecule has 0 aliphatic rings. The van der Waals surface area contributed by atoms with Gasteiger partial charge in [0.2, 0.25) is 5.91 Å². The molecule has 0 bridgehead atoms. The molecule has 1 amide bonds. The second-order valence-corrected chi connectivity index (χ2v) is 6.17. The van der Waals surface area contributed by atoms with Gasteiger partial charge in [-0.25, -0.2) is 19.7 Å². The molecule has 0 spiro atoms. The molecule has 0 fully saturated rings. The van der Waals surface area contributed by atoms with E-state index >= 15 is 0 Å². The van der Waals surface area contributed by atoms with E-state index in [1.54, 1.807) is 35.4 Å². The summed E-state index contributed by atoms with van der Waals surface area (Å²) in [7, 11) is 2.91. The number of hydrogen-bond acceptors (Lipinski definition) is 6. The van der Waals surface area contributed by atoms with E-state index in [-0.39, 0.29) is 23.6 Å². The monoisotopic (exact) mass is 380 g/mol. The number of aromatic nitrogens is 7. The number of hydrogen-bond donors (Lipinski definition) is 1. The molecule has 0 aliphatic heterocycles. The van der Waals surface area contributed by atoms with Crippen LogP contribution in [0.2, 0.25) is 0 Å². The second kappa shape index (κ2) is 6.61. The Morgan fingerprint density at radius 3 is 2.61 bits per heavy atom. The largest absolute Gasteiger partial charge is 0.332 e. The molecule has 4 rings (SSSR count). The number of fused-ring (bicyclic) bond motifs is 1. The van der Waals surface area contributed by atoms with Crippen molar-refractivity contribution in [3.8, 4) is 5.82 Å².